The summed E-state index contributed by atoms with van der Waals surface area (Å²) in [5.74, 6) is 1.65. The Morgan fingerprint density at radius 1 is 0.828 bits per heavy atom. The van der Waals surface area contributed by atoms with E-state index in [0.29, 0.717) is 0 Å². The van der Waals surface area contributed by atoms with Gasteiger partial charge >= 0.3 is 175 Å². The maximum atomic E-state index is 6.41. The minimum absolute atomic E-state index is 0.433. The van der Waals surface area contributed by atoms with E-state index in [9.17, 15) is 0 Å². The molecule has 0 amide bonds. The zero-order valence-electron chi connectivity index (χ0n) is 17.5. The van der Waals surface area contributed by atoms with Crippen molar-refractivity contribution in [3.05, 3.63) is 72.3 Å². The normalized spacial score (nSPS) is 17.4. The van der Waals surface area contributed by atoms with Gasteiger partial charge in [-0.1, -0.05) is 0 Å². The summed E-state index contributed by atoms with van der Waals surface area (Å²) in [4.78, 5) is 0. The molecule has 0 aliphatic carbocycles. The Hall–Kier alpha value is -2.42. The zero-order valence-corrected chi connectivity index (χ0v) is 17.5. The average molecular weight is 379 g/mol. The summed E-state index contributed by atoms with van der Waals surface area (Å²) in [5.41, 5.74) is 4.22. The van der Waals surface area contributed by atoms with Crippen molar-refractivity contribution in [1.29, 1.82) is 0 Å². The fraction of sp³-hybridized carbons (Fsp3) is 0.240. The van der Waals surface area contributed by atoms with Crippen LogP contribution in [0.1, 0.15) is 38.8 Å². The standard InChI is InChI=1S/C25H25B2O2/c1-6-18-21(16-26)23(27-28-24(2,3)25(4,5)29-27)20-15-11-10-14-19(20)22(18)17-12-8-7-9-13-17/h6-16H,1H2,2-5H3. The molecule has 0 spiro atoms. The van der Waals surface area contributed by atoms with Gasteiger partial charge in [0.15, 0.2) is 0 Å². The molecule has 1 radical (unpaired) electrons. The number of rotatable bonds is 4. The topological polar surface area (TPSA) is 18.5 Å². The van der Waals surface area contributed by atoms with E-state index in [1.54, 1.807) is 5.97 Å². The molecule has 1 saturated heterocycles. The molecular formula is C25H25B2O2. The summed E-state index contributed by atoms with van der Waals surface area (Å²) >= 11 is 0. The van der Waals surface area contributed by atoms with Crippen molar-refractivity contribution in [2.75, 3.05) is 0 Å². The quantitative estimate of drug-likeness (QED) is 0.609. The van der Waals surface area contributed by atoms with Crippen molar-refractivity contribution in [2.45, 2.75) is 38.9 Å². The molecule has 1 aliphatic rings. The molecule has 0 aromatic heterocycles. The van der Waals surface area contributed by atoms with E-state index in [0.717, 1.165) is 38.5 Å². The van der Waals surface area contributed by atoms with Crippen molar-refractivity contribution >= 4 is 42.9 Å². The summed E-state index contributed by atoms with van der Waals surface area (Å²) in [6.45, 7) is 12.4. The number of hydrogen-bond acceptors (Lipinski definition) is 2. The number of fused-ring (bicyclic) bond motifs is 1. The van der Waals surface area contributed by atoms with Gasteiger partial charge in [0.2, 0.25) is 0 Å². The van der Waals surface area contributed by atoms with Crippen LogP contribution in [0, 0.1) is 0 Å². The molecule has 1 heterocycles. The molecule has 2 nitrogen and oxygen atoms in total. The van der Waals surface area contributed by atoms with E-state index in [1.165, 1.54) is 0 Å². The molecule has 3 aromatic carbocycles. The first-order valence-electron chi connectivity index (χ1n) is 9.98. The van der Waals surface area contributed by atoms with Crippen LogP contribution in [-0.4, -0.2) is 31.8 Å². The second kappa shape index (κ2) is 7.12. The Balaban J connectivity index is 2.08. The first kappa shape index (κ1) is 19.9. The minimum atomic E-state index is -0.511. The molecule has 1 aliphatic heterocycles. The van der Waals surface area contributed by atoms with Crippen molar-refractivity contribution in [2.24, 2.45) is 0 Å². The van der Waals surface area contributed by atoms with Crippen LogP contribution in [0.5, 0.6) is 0 Å². The average Bonchev–Trinajstić information content (AvgIpc) is 2.93. The van der Waals surface area contributed by atoms with Crippen LogP contribution in [0.3, 0.4) is 0 Å². The van der Waals surface area contributed by atoms with Crippen LogP contribution >= 0.6 is 0 Å². The molecule has 4 heteroatoms. The first-order chi connectivity index (χ1) is 13.8. The summed E-state index contributed by atoms with van der Waals surface area (Å²) in [7, 11) is 5.67. The Bertz CT molecular complexity index is 1080. The fourth-order valence-electron chi connectivity index (χ4n) is 4.03. The Kier molecular flexibility index (Phi) is 4.88. The van der Waals surface area contributed by atoms with Crippen molar-refractivity contribution in [3.63, 3.8) is 0 Å². The van der Waals surface area contributed by atoms with E-state index in [4.69, 9.17) is 16.8 Å². The molecule has 0 atom stereocenters. The van der Waals surface area contributed by atoms with E-state index in [-0.39, 0.29) is 0 Å². The molecule has 29 heavy (non-hydrogen) atoms. The number of benzene rings is 3. The summed E-state index contributed by atoms with van der Waals surface area (Å²) in [5, 5.41) is 2.20. The van der Waals surface area contributed by atoms with Crippen LogP contribution in [0.25, 0.3) is 28.0 Å². The molecule has 3 aromatic rings. The second-order valence-corrected chi connectivity index (χ2v) is 8.49. The Morgan fingerprint density at radius 2 is 1.38 bits per heavy atom. The third-order valence-corrected chi connectivity index (χ3v) is 6.26. The molecular weight excluding hydrogens is 354 g/mol. The van der Waals surface area contributed by atoms with Gasteiger partial charge < -0.3 is 0 Å². The number of hydrogen-bond donors (Lipinski definition) is 0. The van der Waals surface area contributed by atoms with Gasteiger partial charge in [-0.15, -0.1) is 0 Å². The third kappa shape index (κ3) is 3.11. The maximum absolute atomic E-state index is 6.41. The van der Waals surface area contributed by atoms with Crippen LogP contribution in [0.2, 0.25) is 0 Å². The van der Waals surface area contributed by atoms with Crippen molar-refractivity contribution < 1.29 is 9.31 Å². The molecule has 0 bridgehead atoms. The summed E-state index contributed by atoms with van der Waals surface area (Å²) in [6.07, 6.45) is 1.88. The predicted octanol–water partition coefficient (Wildman–Crippen LogP) is 4.77. The van der Waals surface area contributed by atoms with Crippen molar-refractivity contribution in [3.8, 4) is 11.1 Å². The van der Waals surface area contributed by atoms with Gasteiger partial charge in [-0.3, -0.25) is 0 Å². The van der Waals surface area contributed by atoms with Crippen molar-refractivity contribution in [1.82, 2.24) is 0 Å². The molecule has 0 unspecified atom stereocenters. The van der Waals surface area contributed by atoms with E-state index < -0.39 is 18.3 Å². The molecule has 0 N–H and O–H groups in total. The van der Waals surface area contributed by atoms with E-state index in [1.807, 2.05) is 30.3 Å². The van der Waals surface area contributed by atoms with Crippen LogP contribution in [-0.2, 0) is 9.31 Å². The molecule has 4 rings (SSSR count). The monoisotopic (exact) mass is 379 g/mol. The van der Waals surface area contributed by atoms with Gasteiger partial charge in [0.1, 0.15) is 0 Å². The van der Waals surface area contributed by atoms with Gasteiger partial charge in [0, 0.05) is 0 Å². The third-order valence-electron chi connectivity index (χ3n) is 6.26. The fourth-order valence-corrected chi connectivity index (χ4v) is 4.03. The predicted molar refractivity (Wildman–Crippen MR) is 126 cm³/mol. The summed E-state index contributed by atoms with van der Waals surface area (Å²) in [6, 6.07) is 18.7. The van der Waals surface area contributed by atoms with Crippen LogP contribution in [0.4, 0.5) is 0 Å². The van der Waals surface area contributed by atoms with Crippen LogP contribution < -0.4 is 5.46 Å². The van der Waals surface area contributed by atoms with E-state index in [2.05, 4.69) is 64.6 Å². The molecule has 143 valence electrons. The molecule has 0 saturated carbocycles. The Morgan fingerprint density at radius 3 is 1.93 bits per heavy atom. The van der Waals surface area contributed by atoms with Gasteiger partial charge in [-0.25, -0.2) is 0 Å². The SMILES string of the molecule is [B]=Cc1c(C=C)c(-c2ccccc2)c2ccccc2c1B1OC(C)(C)C(C)(C)O1. The molecule has 1 fully saturated rings. The van der Waals surface area contributed by atoms with Gasteiger partial charge in [-0.05, 0) is 0 Å². The van der Waals surface area contributed by atoms with Gasteiger partial charge in [0.05, 0.1) is 0 Å². The first-order valence-corrected chi connectivity index (χ1v) is 9.98. The zero-order chi connectivity index (χ0) is 20.8. The van der Waals surface area contributed by atoms with Crippen LogP contribution in [0.15, 0.2) is 61.2 Å². The van der Waals surface area contributed by atoms with Gasteiger partial charge in [-0.2, -0.15) is 0 Å². The van der Waals surface area contributed by atoms with Gasteiger partial charge in [0.25, 0.3) is 0 Å². The van der Waals surface area contributed by atoms with E-state index >= 15 is 0 Å². The summed E-state index contributed by atoms with van der Waals surface area (Å²) < 4.78 is 12.8. The Labute approximate surface area is 174 Å². The second-order valence-electron chi connectivity index (χ2n) is 8.49.